The lowest BCUT2D eigenvalue weighted by molar-refractivity contribution is -0.137. The number of halogens is 3. The van der Waals surface area contributed by atoms with E-state index >= 15 is 0 Å². The van der Waals surface area contributed by atoms with Crippen molar-refractivity contribution in [2.45, 2.75) is 11.1 Å². The predicted molar refractivity (Wildman–Crippen MR) is 72.7 cm³/mol. The van der Waals surface area contributed by atoms with Gasteiger partial charge in [0.1, 0.15) is 0 Å². The third-order valence-corrected chi connectivity index (χ3v) is 3.87. The lowest BCUT2D eigenvalue weighted by atomic mass is 10.1. The molecule has 0 atom stereocenters. The molecule has 0 radical (unpaired) electrons. The summed E-state index contributed by atoms with van der Waals surface area (Å²) in [5.41, 5.74) is -0.534. The topological polar surface area (TPSA) is 46.5 Å². The fraction of sp³-hybridized carbons (Fsp3) is 0.0714. The number of alkyl halides is 3. The molecule has 0 heterocycles. The van der Waals surface area contributed by atoms with E-state index in [1.54, 1.807) is 18.2 Å². The molecule has 0 N–H and O–H groups in total. The van der Waals surface area contributed by atoms with Gasteiger partial charge in [-0.25, -0.2) is 0 Å². The van der Waals surface area contributed by atoms with Gasteiger partial charge in [-0.2, -0.15) is 26.0 Å². The van der Waals surface area contributed by atoms with Gasteiger partial charge in [0.15, 0.2) is 0 Å². The summed E-state index contributed by atoms with van der Waals surface area (Å²) in [7, 11) is -3.85. The van der Waals surface area contributed by atoms with Crippen LogP contribution in [0.4, 0.5) is 13.2 Å². The Morgan fingerprint density at radius 2 is 1.48 bits per heavy atom. The van der Waals surface area contributed by atoms with Crippen LogP contribution in [-0.2, 0) is 16.2 Å². The SMILES string of the molecule is O=S(=O)(/N=C/c1ccc(C(F)(F)F)cc1)c1ccccc1. The second-order valence-corrected chi connectivity index (χ2v) is 5.77. The van der Waals surface area contributed by atoms with Crippen LogP contribution in [0.3, 0.4) is 0 Å². The number of hydrogen-bond acceptors (Lipinski definition) is 2. The molecule has 21 heavy (non-hydrogen) atoms. The molecule has 0 aliphatic heterocycles. The van der Waals surface area contributed by atoms with Crippen molar-refractivity contribution in [1.82, 2.24) is 0 Å². The number of nitrogens with zero attached hydrogens (tertiary/aromatic N) is 1. The lowest BCUT2D eigenvalue weighted by Crippen LogP contribution is -2.04. The highest BCUT2D eigenvalue weighted by molar-refractivity contribution is 7.90. The van der Waals surface area contributed by atoms with Crippen LogP contribution in [0.25, 0.3) is 0 Å². The first-order valence-corrected chi connectivity index (χ1v) is 7.26. The van der Waals surface area contributed by atoms with Crippen molar-refractivity contribution in [3.05, 3.63) is 65.7 Å². The van der Waals surface area contributed by atoms with Crippen LogP contribution >= 0.6 is 0 Å². The molecular formula is C14H10F3NO2S. The van der Waals surface area contributed by atoms with E-state index < -0.39 is 21.8 Å². The van der Waals surface area contributed by atoms with Crippen LogP contribution in [0.1, 0.15) is 11.1 Å². The van der Waals surface area contributed by atoms with Crippen LogP contribution in [-0.4, -0.2) is 14.6 Å². The van der Waals surface area contributed by atoms with E-state index in [-0.39, 0.29) is 10.5 Å². The summed E-state index contributed by atoms with van der Waals surface area (Å²) in [6.07, 6.45) is -3.41. The van der Waals surface area contributed by atoms with Crippen LogP contribution in [0.2, 0.25) is 0 Å². The van der Waals surface area contributed by atoms with Gasteiger partial charge in [-0.1, -0.05) is 30.3 Å². The van der Waals surface area contributed by atoms with Gasteiger partial charge >= 0.3 is 6.18 Å². The molecule has 3 nitrogen and oxygen atoms in total. The number of benzene rings is 2. The van der Waals surface area contributed by atoms with E-state index in [1.165, 1.54) is 12.1 Å². The quantitative estimate of drug-likeness (QED) is 0.814. The van der Waals surface area contributed by atoms with E-state index in [0.29, 0.717) is 0 Å². The first kappa shape index (κ1) is 15.2. The summed E-state index contributed by atoms with van der Waals surface area (Å²) < 4.78 is 64.3. The van der Waals surface area contributed by atoms with Gasteiger partial charge in [0.25, 0.3) is 10.0 Å². The van der Waals surface area contributed by atoms with Crippen molar-refractivity contribution >= 4 is 16.2 Å². The Morgan fingerprint density at radius 3 is 2.00 bits per heavy atom. The summed E-state index contributed by atoms with van der Waals surface area (Å²) in [5, 5.41) is 0. The second-order valence-electron chi connectivity index (χ2n) is 4.14. The van der Waals surface area contributed by atoms with E-state index in [2.05, 4.69) is 4.40 Å². The van der Waals surface area contributed by atoms with Gasteiger partial charge < -0.3 is 0 Å². The van der Waals surface area contributed by atoms with Gasteiger partial charge in [0.05, 0.1) is 10.5 Å². The number of rotatable bonds is 3. The Morgan fingerprint density at radius 1 is 0.905 bits per heavy atom. The molecule has 2 rings (SSSR count). The monoisotopic (exact) mass is 313 g/mol. The number of hydrogen-bond donors (Lipinski definition) is 0. The van der Waals surface area contributed by atoms with Crippen molar-refractivity contribution in [1.29, 1.82) is 0 Å². The van der Waals surface area contributed by atoms with E-state index in [4.69, 9.17) is 0 Å². The minimum absolute atomic E-state index is 0.0214. The van der Waals surface area contributed by atoms with Crippen molar-refractivity contribution in [3.63, 3.8) is 0 Å². The molecule has 0 aliphatic rings. The van der Waals surface area contributed by atoms with Gasteiger partial charge in [-0.3, -0.25) is 0 Å². The zero-order valence-corrected chi connectivity index (χ0v) is 11.4. The smallest absolute Gasteiger partial charge is 0.199 e. The Hall–Kier alpha value is -2.15. The molecule has 0 fully saturated rings. The van der Waals surface area contributed by atoms with E-state index in [1.807, 2.05) is 0 Å². The van der Waals surface area contributed by atoms with E-state index in [0.717, 1.165) is 30.5 Å². The van der Waals surface area contributed by atoms with Crippen molar-refractivity contribution in [3.8, 4) is 0 Å². The van der Waals surface area contributed by atoms with Crippen molar-refractivity contribution in [2.24, 2.45) is 4.40 Å². The third kappa shape index (κ3) is 3.91. The maximum absolute atomic E-state index is 12.4. The fourth-order valence-electron chi connectivity index (χ4n) is 1.54. The largest absolute Gasteiger partial charge is 0.416 e. The first-order valence-electron chi connectivity index (χ1n) is 5.82. The molecule has 0 aliphatic carbocycles. The molecule has 0 saturated heterocycles. The normalized spacial score (nSPS) is 12.7. The Balaban J connectivity index is 2.22. The van der Waals surface area contributed by atoms with Crippen LogP contribution in [0, 0.1) is 0 Å². The van der Waals surface area contributed by atoms with Gasteiger partial charge in [-0.05, 0) is 29.8 Å². The van der Waals surface area contributed by atoms with Crippen LogP contribution < -0.4 is 0 Å². The highest BCUT2D eigenvalue weighted by Gasteiger charge is 2.29. The van der Waals surface area contributed by atoms with Crippen molar-refractivity contribution in [2.75, 3.05) is 0 Å². The summed E-state index contributed by atoms with van der Waals surface area (Å²) in [6, 6.07) is 11.6. The van der Waals surface area contributed by atoms with E-state index in [9.17, 15) is 21.6 Å². The maximum Gasteiger partial charge on any atom is 0.416 e. The predicted octanol–water partition coefficient (Wildman–Crippen LogP) is 3.51. The highest BCUT2D eigenvalue weighted by atomic mass is 32.2. The highest BCUT2D eigenvalue weighted by Crippen LogP contribution is 2.28. The molecule has 0 amide bonds. The average molecular weight is 313 g/mol. The van der Waals surface area contributed by atoms with Crippen LogP contribution in [0.15, 0.2) is 63.9 Å². The molecule has 0 bridgehead atoms. The van der Waals surface area contributed by atoms with Crippen LogP contribution in [0.5, 0.6) is 0 Å². The zero-order chi connectivity index (χ0) is 15.5. The molecule has 110 valence electrons. The summed E-state index contributed by atoms with van der Waals surface area (Å²) in [6.45, 7) is 0. The summed E-state index contributed by atoms with van der Waals surface area (Å²) in [5.74, 6) is 0. The Bertz CT molecular complexity index is 736. The zero-order valence-electron chi connectivity index (χ0n) is 10.6. The molecule has 0 unspecified atom stereocenters. The molecular weight excluding hydrogens is 303 g/mol. The van der Waals surface area contributed by atoms with Crippen molar-refractivity contribution < 1.29 is 21.6 Å². The average Bonchev–Trinajstić information content (AvgIpc) is 2.46. The van der Waals surface area contributed by atoms with Gasteiger partial charge in [0.2, 0.25) is 0 Å². The Kier molecular flexibility index (Phi) is 4.13. The number of sulfonamides is 1. The lowest BCUT2D eigenvalue weighted by Gasteiger charge is -2.05. The minimum Gasteiger partial charge on any atom is -0.199 e. The molecule has 0 saturated carbocycles. The maximum atomic E-state index is 12.4. The standard InChI is InChI=1S/C14H10F3NO2S/c15-14(16,17)12-8-6-11(7-9-12)10-18-21(19,20)13-4-2-1-3-5-13/h1-10H/b18-10+. The molecule has 2 aromatic carbocycles. The minimum atomic E-state index is -4.42. The third-order valence-electron chi connectivity index (χ3n) is 2.62. The van der Waals surface area contributed by atoms with Gasteiger partial charge in [0, 0.05) is 6.21 Å². The molecule has 0 spiro atoms. The van der Waals surface area contributed by atoms with Gasteiger partial charge in [-0.15, -0.1) is 0 Å². The Labute approximate surface area is 119 Å². The molecule has 0 aromatic heterocycles. The molecule has 2 aromatic rings. The summed E-state index contributed by atoms with van der Waals surface area (Å²) >= 11 is 0. The molecule has 7 heteroatoms. The first-order chi connectivity index (χ1) is 9.79. The summed E-state index contributed by atoms with van der Waals surface area (Å²) in [4.78, 5) is 0.0214. The fourth-order valence-corrected chi connectivity index (χ4v) is 2.43. The second kappa shape index (κ2) is 5.69.